The van der Waals surface area contributed by atoms with Crippen LogP contribution in [0.3, 0.4) is 0 Å². The molecule has 0 amide bonds. The first-order valence-corrected chi connectivity index (χ1v) is 6.60. The molecule has 1 unspecified atom stereocenters. The van der Waals surface area contributed by atoms with Gasteiger partial charge in [0.05, 0.1) is 11.9 Å². The molecular formula is C13H15BrFN3. The Morgan fingerprint density at radius 1 is 1.50 bits per heavy atom. The summed E-state index contributed by atoms with van der Waals surface area (Å²) in [5.41, 5.74) is 6.91. The van der Waals surface area contributed by atoms with E-state index >= 15 is 0 Å². The molecule has 3 N–H and O–H groups in total. The lowest BCUT2D eigenvalue weighted by molar-refractivity contribution is 0.629. The average molecular weight is 312 g/mol. The number of aromatic amines is 1. The second kappa shape index (κ2) is 5.63. The molecule has 0 fully saturated rings. The van der Waals surface area contributed by atoms with Crippen molar-refractivity contribution in [2.75, 3.05) is 0 Å². The van der Waals surface area contributed by atoms with Crippen molar-refractivity contribution in [3.05, 3.63) is 40.5 Å². The maximum absolute atomic E-state index is 13.8. The van der Waals surface area contributed by atoms with Crippen LogP contribution in [0.4, 0.5) is 4.39 Å². The largest absolute Gasteiger partial charge is 0.342 e. The Labute approximate surface area is 114 Å². The van der Waals surface area contributed by atoms with Crippen molar-refractivity contribution in [2.24, 2.45) is 5.73 Å². The highest BCUT2D eigenvalue weighted by molar-refractivity contribution is 9.10. The third-order valence-electron chi connectivity index (χ3n) is 2.69. The first-order chi connectivity index (χ1) is 8.56. The van der Waals surface area contributed by atoms with Crippen LogP contribution in [0.2, 0.25) is 0 Å². The van der Waals surface area contributed by atoms with Crippen molar-refractivity contribution in [1.82, 2.24) is 9.97 Å². The fraction of sp³-hybridized carbons (Fsp3) is 0.308. The van der Waals surface area contributed by atoms with E-state index in [2.05, 4.69) is 25.9 Å². The molecule has 1 aromatic carbocycles. The average Bonchev–Trinajstić information content (AvgIpc) is 2.75. The second-order valence-corrected chi connectivity index (χ2v) is 5.30. The molecule has 0 saturated heterocycles. The zero-order valence-electron chi connectivity index (χ0n) is 10.1. The number of aryl methyl sites for hydroxylation is 1. The molecule has 96 valence electrons. The van der Waals surface area contributed by atoms with Crippen LogP contribution in [0, 0.1) is 5.82 Å². The number of halogens is 2. The Kier molecular flexibility index (Phi) is 4.14. The lowest BCUT2D eigenvalue weighted by Crippen LogP contribution is -2.15. The van der Waals surface area contributed by atoms with Crippen molar-refractivity contribution in [1.29, 1.82) is 0 Å². The van der Waals surface area contributed by atoms with Gasteiger partial charge in [0, 0.05) is 22.5 Å². The Bertz CT molecular complexity index is 537. The molecule has 18 heavy (non-hydrogen) atoms. The first kappa shape index (κ1) is 13.2. The molecule has 0 aliphatic rings. The van der Waals surface area contributed by atoms with Gasteiger partial charge in [-0.25, -0.2) is 9.37 Å². The highest BCUT2D eigenvalue weighted by atomic mass is 79.9. The van der Waals surface area contributed by atoms with Crippen molar-refractivity contribution >= 4 is 15.9 Å². The number of imidazole rings is 1. The van der Waals surface area contributed by atoms with Gasteiger partial charge in [-0.3, -0.25) is 0 Å². The van der Waals surface area contributed by atoms with Gasteiger partial charge in [0.15, 0.2) is 0 Å². The molecule has 0 saturated carbocycles. The molecule has 3 nitrogen and oxygen atoms in total. The van der Waals surface area contributed by atoms with Crippen LogP contribution in [0.15, 0.2) is 28.9 Å². The van der Waals surface area contributed by atoms with Crippen LogP contribution in [-0.2, 0) is 6.42 Å². The molecule has 0 aliphatic heterocycles. The highest BCUT2D eigenvalue weighted by Crippen LogP contribution is 2.24. The molecule has 0 bridgehead atoms. The van der Waals surface area contributed by atoms with E-state index in [0.29, 0.717) is 11.3 Å². The summed E-state index contributed by atoms with van der Waals surface area (Å²) in [6.07, 6.45) is 3.29. The predicted molar refractivity (Wildman–Crippen MR) is 73.7 cm³/mol. The Morgan fingerprint density at radius 2 is 2.28 bits per heavy atom. The van der Waals surface area contributed by atoms with Crippen LogP contribution < -0.4 is 5.73 Å². The summed E-state index contributed by atoms with van der Waals surface area (Å²) in [5, 5.41) is 0. The maximum Gasteiger partial charge on any atom is 0.133 e. The van der Waals surface area contributed by atoms with Gasteiger partial charge in [-0.05, 0) is 31.5 Å². The summed E-state index contributed by atoms with van der Waals surface area (Å²) < 4.78 is 14.5. The van der Waals surface area contributed by atoms with Crippen LogP contribution in [-0.4, -0.2) is 16.0 Å². The third kappa shape index (κ3) is 3.17. The van der Waals surface area contributed by atoms with E-state index in [1.807, 2.05) is 6.92 Å². The molecular weight excluding hydrogens is 297 g/mol. The summed E-state index contributed by atoms with van der Waals surface area (Å²) in [4.78, 5) is 7.36. The normalized spacial score (nSPS) is 12.7. The number of hydrogen-bond acceptors (Lipinski definition) is 2. The fourth-order valence-corrected chi connectivity index (χ4v) is 2.03. The number of rotatable bonds is 4. The van der Waals surface area contributed by atoms with Gasteiger partial charge in [-0.15, -0.1) is 0 Å². The summed E-state index contributed by atoms with van der Waals surface area (Å²) in [5.74, 6) is 0.566. The number of nitrogens with zero attached hydrogens (tertiary/aromatic N) is 1. The van der Waals surface area contributed by atoms with E-state index in [9.17, 15) is 4.39 Å². The number of aromatic nitrogens is 2. The van der Waals surface area contributed by atoms with Gasteiger partial charge >= 0.3 is 0 Å². The molecule has 0 spiro atoms. The van der Waals surface area contributed by atoms with Crippen LogP contribution in [0.1, 0.15) is 19.2 Å². The number of H-pyrrole nitrogens is 1. The SMILES string of the molecule is CC(N)CCc1ncc(-c2ccc(Br)cc2F)[nH]1. The van der Waals surface area contributed by atoms with E-state index in [4.69, 9.17) is 5.73 Å². The topological polar surface area (TPSA) is 54.7 Å². The van der Waals surface area contributed by atoms with Gasteiger partial charge < -0.3 is 10.7 Å². The smallest absolute Gasteiger partial charge is 0.133 e. The summed E-state index contributed by atoms with van der Waals surface area (Å²) in [7, 11) is 0. The molecule has 1 atom stereocenters. The number of benzene rings is 1. The minimum atomic E-state index is -0.272. The number of hydrogen-bond donors (Lipinski definition) is 2. The van der Waals surface area contributed by atoms with Gasteiger partial charge in [0.1, 0.15) is 11.6 Å². The van der Waals surface area contributed by atoms with Crippen molar-refractivity contribution in [2.45, 2.75) is 25.8 Å². The first-order valence-electron chi connectivity index (χ1n) is 5.81. The zero-order chi connectivity index (χ0) is 13.1. The van der Waals surface area contributed by atoms with Gasteiger partial charge in [0.2, 0.25) is 0 Å². The fourth-order valence-electron chi connectivity index (χ4n) is 1.70. The van der Waals surface area contributed by atoms with Crippen LogP contribution >= 0.6 is 15.9 Å². The monoisotopic (exact) mass is 311 g/mol. The van der Waals surface area contributed by atoms with Gasteiger partial charge in [-0.1, -0.05) is 15.9 Å². The highest BCUT2D eigenvalue weighted by Gasteiger charge is 2.09. The van der Waals surface area contributed by atoms with Crippen molar-refractivity contribution in [3.8, 4) is 11.3 Å². The molecule has 1 aromatic heterocycles. The molecule has 5 heteroatoms. The second-order valence-electron chi connectivity index (χ2n) is 4.38. The van der Waals surface area contributed by atoms with Crippen molar-refractivity contribution in [3.63, 3.8) is 0 Å². The third-order valence-corrected chi connectivity index (χ3v) is 3.18. The molecule has 0 aliphatic carbocycles. The maximum atomic E-state index is 13.8. The summed E-state index contributed by atoms with van der Waals surface area (Å²) >= 11 is 3.24. The summed E-state index contributed by atoms with van der Waals surface area (Å²) in [6.45, 7) is 1.96. The van der Waals surface area contributed by atoms with E-state index in [1.54, 1.807) is 18.3 Å². The lowest BCUT2D eigenvalue weighted by Gasteiger charge is -2.02. The van der Waals surface area contributed by atoms with E-state index in [1.165, 1.54) is 6.07 Å². The van der Waals surface area contributed by atoms with E-state index in [0.717, 1.165) is 23.1 Å². The molecule has 2 aromatic rings. The quantitative estimate of drug-likeness (QED) is 0.910. The predicted octanol–water partition coefficient (Wildman–Crippen LogP) is 3.26. The van der Waals surface area contributed by atoms with E-state index < -0.39 is 0 Å². The van der Waals surface area contributed by atoms with Crippen molar-refractivity contribution < 1.29 is 4.39 Å². The summed E-state index contributed by atoms with van der Waals surface area (Å²) in [6, 6.07) is 5.11. The Morgan fingerprint density at radius 3 is 2.94 bits per heavy atom. The molecule has 2 rings (SSSR count). The van der Waals surface area contributed by atoms with E-state index in [-0.39, 0.29) is 11.9 Å². The van der Waals surface area contributed by atoms with Crippen LogP contribution in [0.25, 0.3) is 11.3 Å². The minimum absolute atomic E-state index is 0.142. The lowest BCUT2D eigenvalue weighted by atomic mass is 10.1. The van der Waals surface area contributed by atoms with Gasteiger partial charge in [0.25, 0.3) is 0 Å². The zero-order valence-corrected chi connectivity index (χ0v) is 11.7. The molecule has 0 radical (unpaired) electrons. The standard InChI is InChI=1S/C13H15BrFN3/c1-8(16)2-5-13-17-7-12(18-13)10-4-3-9(14)6-11(10)15/h3-4,6-8H,2,5,16H2,1H3,(H,17,18). The molecule has 1 heterocycles. The minimum Gasteiger partial charge on any atom is -0.342 e. The Balaban J connectivity index is 2.18. The number of nitrogens with two attached hydrogens (primary N) is 1. The van der Waals surface area contributed by atoms with Crippen LogP contribution in [0.5, 0.6) is 0 Å². The number of nitrogens with one attached hydrogen (secondary N) is 1. The van der Waals surface area contributed by atoms with Gasteiger partial charge in [-0.2, -0.15) is 0 Å². The Hall–Kier alpha value is -1.20.